The zero-order chi connectivity index (χ0) is 18.9. The van der Waals surface area contributed by atoms with Crippen LogP contribution < -0.4 is 20.2 Å². The number of carbonyl (C=O) groups is 2. The molecular formula is C18H20N4O4. The van der Waals surface area contributed by atoms with E-state index in [0.29, 0.717) is 17.2 Å². The van der Waals surface area contributed by atoms with Gasteiger partial charge in [-0.15, -0.1) is 0 Å². The van der Waals surface area contributed by atoms with E-state index in [1.807, 2.05) is 0 Å². The summed E-state index contributed by atoms with van der Waals surface area (Å²) in [7, 11) is 3.10. The van der Waals surface area contributed by atoms with Gasteiger partial charge in [-0.2, -0.15) is 5.10 Å². The maximum atomic E-state index is 11.8. The van der Waals surface area contributed by atoms with E-state index < -0.39 is 11.8 Å². The molecule has 1 aromatic heterocycles. The summed E-state index contributed by atoms with van der Waals surface area (Å²) in [5.74, 6) is 0.286. The lowest BCUT2D eigenvalue weighted by Gasteiger charge is -2.09. The van der Waals surface area contributed by atoms with E-state index in [9.17, 15) is 9.59 Å². The summed E-state index contributed by atoms with van der Waals surface area (Å²) in [6.45, 7) is 1.53. The van der Waals surface area contributed by atoms with Crippen molar-refractivity contribution in [3.63, 3.8) is 0 Å². The molecule has 0 atom stereocenters. The summed E-state index contributed by atoms with van der Waals surface area (Å²) in [4.78, 5) is 27.6. The lowest BCUT2D eigenvalue weighted by Crippen LogP contribution is -2.35. The first-order chi connectivity index (χ1) is 12.5. The molecule has 0 radical (unpaired) electrons. The van der Waals surface area contributed by atoms with Crippen molar-refractivity contribution in [3.8, 4) is 11.5 Å². The molecule has 0 spiro atoms. The number of hydrogen-bond donors (Lipinski definition) is 2. The summed E-state index contributed by atoms with van der Waals surface area (Å²) >= 11 is 0. The Hall–Kier alpha value is -3.42. The van der Waals surface area contributed by atoms with Crippen LogP contribution in [0.1, 0.15) is 23.0 Å². The van der Waals surface area contributed by atoms with Crippen LogP contribution in [-0.4, -0.2) is 43.3 Å². The van der Waals surface area contributed by atoms with E-state index >= 15 is 0 Å². The highest BCUT2D eigenvalue weighted by molar-refractivity contribution is 6.00. The monoisotopic (exact) mass is 356 g/mol. The first-order valence-electron chi connectivity index (χ1n) is 7.80. The second-order valence-corrected chi connectivity index (χ2v) is 5.20. The van der Waals surface area contributed by atoms with Gasteiger partial charge in [0, 0.05) is 11.8 Å². The molecule has 26 heavy (non-hydrogen) atoms. The van der Waals surface area contributed by atoms with Gasteiger partial charge in [-0.05, 0) is 37.3 Å². The van der Waals surface area contributed by atoms with Gasteiger partial charge < -0.3 is 14.8 Å². The van der Waals surface area contributed by atoms with Crippen molar-refractivity contribution in [2.24, 2.45) is 5.10 Å². The molecule has 2 rings (SSSR count). The molecule has 0 bridgehead atoms. The number of ether oxygens (including phenoxy) is 2. The Kier molecular flexibility index (Phi) is 6.67. The first kappa shape index (κ1) is 18.9. The van der Waals surface area contributed by atoms with Crippen molar-refractivity contribution in [2.45, 2.75) is 6.92 Å². The van der Waals surface area contributed by atoms with Crippen molar-refractivity contribution < 1.29 is 19.1 Å². The molecule has 0 aliphatic heterocycles. The quantitative estimate of drug-likeness (QED) is 0.576. The SMILES string of the molecule is COc1ccc(/C(C)=N/NC(=O)CNC(=O)c2ccccn2)cc1OC. The van der Waals surface area contributed by atoms with Crippen LogP contribution in [0.5, 0.6) is 11.5 Å². The van der Waals surface area contributed by atoms with Crippen LogP contribution >= 0.6 is 0 Å². The fourth-order valence-electron chi connectivity index (χ4n) is 2.06. The summed E-state index contributed by atoms with van der Waals surface area (Å²) < 4.78 is 10.4. The molecule has 2 amide bonds. The second kappa shape index (κ2) is 9.16. The Morgan fingerprint density at radius 2 is 1.88 bits per heavy atom. The summed E-state index contributed by atoms with van der Waals surface area (Å²) in [5.41, 5.74) is 3.98. The number of amides is 2. The van der Waals surface area contributed by atoms with Gasteiger partial charge in [0.1, 0.15) is 5.69 Å². The molecule has 136 valence electrons. The van der Waals surface area contributed by atoms with Crippen molar-refractivity contribution in [1.29, 1.82) is 0 Å². The number of methoxy groups -OCH3 is 2. The van der Waals surface area contributed by atoms with Crippen LogP contribution in [0.15, 0.2) is 47.7 Å². The van der Waals surface area contributed by atoms with Crippen LogP contribution in [0, 0.1) is 0 Å². The minimum Gasteiger partial charge on any atom is -0.493 e. The van der Waals surface area contributed by atoms with Crippen molar-refractivity contribution >= 4 is 17.5 Å². The number of nitrogens with one attached hydrogen (secondary N) is 2. The van der Waals surface area contributed by atoms with Crippen molar-refractivity contribution in [2.75, 3.05) is 20.8 Å². The van der Waals surface area contributed by atoms with Gasteiger partial charge in [-0.25, -0.2) is 5.43 Å². The Labute approximate surface area is 151 Å². The number of hydrazone groups is 1. The minimum absolute atomic E-state index is 0.210. The average Bonchev–Trinajstić information content (AvgIpc) is 2.70. The van der Waals surface area contributed by atoms with Crippen LogP contribution in [-0.2, 0) is 4.79 Å². The standard InChI is InChI=1S/C18H20N4O4/c1-12(13-7-8-15(25-2)16(10-13)26-3)21-22-17(23)11-20-18(24)14-6-4-5-9-19-14/h4-10H,11H2,1-3H3,(H,20,24)(H,22,23)/b21-12+. The maximum absolute atomic E-state index is 11.8. The average molecular weight is 356 g/mol. The zero-order valence-electron chi connectivity index (χ0n) is 14.8. The summed E-state index contributed by atoms with van der Waals surface area (Å²) in [6.07, 6.45) is 1.51. The molecular weight excluding hydrogens is 336 g/mol. The minimum atomic E-state index is -0.450. The van der Waals surface area contributed by atoms with E-state index in [1.54, 1.807) is 57.5 Å². The third kappa shape index (κ3) is 5.04. The number of nitrogens with zero attached hydrogens (tertiary/aromatic N) is 2. The Morgan fingerprint density at radius 3 is 2.54 bits per heavy atom. The number of benzene rings is 1. The van der Waals surface area contributed by atoms with E-state index in [2.05, 4.69) is 20.8 Å². The normalized spacial score (nSPS) is 10.8. The van der Waals surface area contributed by atoms with Gasteiger partial charge in [0.2, 0.25) is 0 Å². The van der Waals surface area contributed by atoms with Crippen LogP contribution in [0.2, 0.25) is 0 Å². The van der Waals surface area contributed by atoms with Gasteiger partial charge >= 0.3 is 0 Å². The molecule has 0 unspecified atom stereocenters. The highest BCUT2D eigenvalue weighted by Crippen LogP contribution is 2.27. The molecule has 0 saturated heterocycles. The zero-order valence-corrected chi connectivity index (χ0v) is 14.8. The van der Waals surface area contributed by atoms with Crippen molar-refractivity contribution in [3.05, 3.63) is 53.9 Å². The van der Waals surface area contributed by atoms with Gasteiger partial charge in [0.15, 0.2) is 11.5 Å². The van der Waals surface area contributed by atoms with E-state index in [1.165, 1.54) is 6.20 Å². The Morgan fingerprint density at radius 1 is 1.12 bits per heavy atom. The number of rotatable bonds is 7. The third-order valence-electron chi connectivity index (χ3n) is 3.46. The highest BCUT2D eigenvalue weighted by Gasteiger charge is 2.09. The maximum Gasteiger partial charge on any atom is 0.270 e. The molecule has 8 nitrogen and oxygen atoms in total. The lowest BCUT2D eigenvalue weighted by atomic mass is 10.1. The van der Waals surface area contributed by atoms with Gasteiger partial charge in [0.05, 0.1) is 26.5 Å². The molecule has 8 heteroatoms. The molecule has 0 saturated carbocycles. The predicted octanol–water partition coefficient (Wildman–Crippen LogP) is 1.37. The highest BCUT2D eigenvalue weighted by atomic mass is 16.5. The molecule has 2 N–H and O–H groups in total. The molecule has 1 heterocycles. The summed E-state index contributed by atoms with van der Waals surface area (Å²) in [6, 6.07) is 10.3. The van der Waals surface area contributed by atoms with Gasteiger partial charge in [-0.3, -0.25) is 14.6 Å². The predicted molar refractivity (Wildman–Crippen MR) is 96.5 cm³/mol. The lowest BCUT2D eigenvalue weighted by molar-refractivity contribution is -0.120. The van der Waals surface area contributed by atoms with Crippen LogP contribution in [0.25, 0.3) is 0 Å². The fourth-order valence-corrected chi connectivity index (χ4v) is 2.06. The van der Waals surface area contributed by atoms with E-state index in [4.69, 9.17) is 9.47 Å². The van der Waals surface area contributed by atoms with E-state index in [-0.39, 0.29) is 12.2 Å². The molecule has 1 aromatic carbocycles. The summed E-state index contributed by atoms with van der Waals surface area (Å²) in [5, 5.41) is 6.51. The molecule has 0 fully saturated rings. The number of pyridine rings is 1. The Balaban J connectivity index is 1.92. The largest absolute Gasteiger partial charge is 0.493 e. The Bertz CT molecular complexity index is 806. The number of hydrogen-bond acceptors (Lipinski definition) is 6. The first-order valence-corrected chi connectivity index (χ1v) is 7.80. The number of aromatic nitrogens is 1. The van der Waals surface area contributed by atoms with Gasteiger partial charge in [0.25, 0.3) is 11.8 Å². The van der Waals surface area contributed by atoms with Gasteiger partial charge in [-0.1, -0.05) is 6.07 Å². The topological polar surface area (TPSA) is 102 Å². The van der Waals surface area contributed by atoms with Crippen LogP contribution in [0.3, 0.4) is 0 Å². The smallest absolute Gasteiger partial charge is 0.270 e. The fraction of sp³-hybridized carbons (Fsp3) is 0.222. The number of carbonyl (C=O) groups excluding carboxylic acids is 2. The molecule has 0 aliphatic carbocycles. The second-order valence-electron chi connectivity index (χ2n) is 5.20. The third-order valence-corrected chi connectivity index (χ3v) is 3.46. The van der Waals surface area contributed by atoms with E-state index in [0.717, 1.165) is 5.56 Å². The molecule has 0 aliphatic rings. The van der Waals surface area contributed by atoms with Crippen molar-refractivity contribution in [1.82, 2.24) is 15.7 Å². The van der Waals surface area contributed by atoms with Crippen LogP contribution in [0.4, 0.5) is 0 Å². The molecule has 2 aromatic rings.